The smallest absolute Gasteiger partial charge is 0.206 e. The van der Waals surface area contributed by atoms with E-state index in [1.807, 2.05) is 12.1 Å². The van der Waals surface area contributed by atoms with Crippen molar-refractivity contribution < 1.29 is 19.2 Å². The summed E-state index contributed by atoms with van der Waals surface area (Å²) >= 11 is 6.48. The van der Waals surface area contributed by atoms with Crippen molar-refractivity contribution in [1.29, 1.82) is 2.86 Å². The highest BCUT2D eigenvalue weighted by Gasteiger charge is 1.97. The van der Waals surface area contributed by atoms with E-state index in [-0.39, 0.29) is 11.3 Å². The second-order valence-corrected chi connectivity index (χ2v) is 7.50. The number of ketones is 2. The summed E-state index contributed by atoms with van der Waals surface area (Å²) in [6.45, 7) is -0.989. The molecule has 26 heavy (non-hydrogen) atoms. The van der Waals surface area contributed by atoms with E-state index in [2.05, 4.69) is 37.3 Å². The van der Waals surface area contributed by atoms with Crippen LogP contribution in [0.25, 0.3) is 0 Å². The Morgan fingerprint density at radius 2 is 1.12 bits per heavy atom. The minimum Gasteiger partial charge on any atom is -0.412 e. The standard InChI is InChI=1S/2C8H7BrO.C5H10.H2O/c2*1-6(10)7-2-4-8(9)5-3-7;1-2-4-5-3-1;/h2*2-5H,1H3;1-5H2;1H2/i1D3;;;/hD2. The Labute approximate surface area is 180 Å². The first-order valence-electron chi connectivity index (χ1n) is 10.5. The van der Waals surface area contributed by atoms with Gasteiger partial charge in [-0.2, -0.15) is 0 Å². The van der Waals surface area contributed by atoms with Crippen LogP contribution in [0, 0.1) is 0 Å². The number of carbonyl (C=O) groups is 2. The van der Waals surface area contributed by atoms with E-state index < -0.39 is 12.6 Å². The Morgan fingerprint density at radius 3 is 1.38 bits per heavy atom. The van der Waals surface area contributed by atoms with Crippen LogP contribution in [0.15, 0.2) is 57.5 Å². The van der Waals surface area contributed by atoms with Crippen LogP contribution in [-0.2, 0) is 0 Å². The minimum absolute atomic E-state index is 0.104. The van der Waals surface area contributed by atoms with Crippen LogP contribution in [0.4, 0.5) is 0 Å². The molecular formula is C21H26Br2O3. The van der Waals surface area contributed by atoms with Crippen LogP contribution in [0.3, 0.4) is 0 Å². The van der Waals surface area contributed by atoms with Gasteiger partial charge in [-0.25, -0.2) is 0 Å². The number of rotatable bonds is 2. The lowest BCUT2D eigenvalue weighted by Gasteiger charge is -1.92. The number of hydrogen-bond acceptors (Lipinski definition) is 2. The minimum atomic E-state index is -2.55. The van der Waals surface area contributed by atoms with Gasteiger partial charge in [0.25, 0.3) is 0 Å². The number of halogens is 2. The van der Waals surface area contributed by atoms with Crippen molar-refractivity contribution in [3.05, 3.63) is 68.6 Å². The van der Waals surface area contributed by atoms with Crippen LogP contribution in [0.5, 0.6) is 0 Å². The average Bonchev–Trinajstić information content (AvgIpc) is 3.29. The molecule has 0 aromatic heterocycles. The Bertz CT molecular complexity index is 767. The topological polar surface area (TPSA) is 65.6 Å². The fourth-order valence-electron chi connectivity index (χ4n) is 2.17. The first-order valence-corrected chi connectivity index (χ1v) is 9.76. The van der Waals surface area contributed by atoms with E-state index in [1.165, 1.54) is 44.2 Å². The van der Waals surface area contributed by atoms with Crippen LogP contribution in [-0.4, -0.2) is 19.9 Å². The first-order chi connectivity index (χ1) is 14.5. The van der Waals surface area contributed by atoms with Crippen molar-refractivity contribution in [1.82, 2.24) is 0 Å². The molecule has 1 fully saturated rings. The molecule has 0 radical (unpaired) electrons. The summed E-state index contributed by atoms with van der Waals surface area (Å²) in [6, 6.07) is 13.6. The van der Waals surface area contributed by atoms with Crippen molar-refractivity contribution in [2.45, 2.75) is 45.9 Å². The van der Waals surface area contributed by atoms with Gasteiger partial charge in [-0.3, -0.25) is 9.59 Å². The number of carbonyl (C=O) groups excluding carboxylic acids is 2. The van der Waals surface area contributed by atoms with Crippen molar-refractivity contribution in [2.75, 3.05) is 0 Å². The molecule has 1 aliphatic carbocycles. The summed E-state index contributed by atoms with van der Waals surface area (Å²) in [7, 11) is 0. The Morgan fingerprint density at radius 1 is 0.808 bits per heavy atom. The third-order valence-corrected chi connectivity index (χ3v) is 4.66. The molecule has 142 valence electrons. The molecule has 0 aliphatic heterocycles. The molecule has 0 heterocycles. The lowest BCUT2D eigenvalue weighted by Crippen LogP contribution is -1.89. The molecule has 0 amide bonds. The van der Waals surface area contributed by atoms with Gasteiger partial charge in [-0.05, 0) is 38.0 Å². The van der Waals surface area contributed by atoms with E-state index in [4.69, 9.17) is 6.97 Å². The third-order valence-electron chi connectivity index (χ3n) is 3.61. The fraction of sp³-hybridized carbons (Fsp3) is 0.333. The van der Waals surface area contributed by atoms with Crippen LogP contribution in [0.2, 0.25) is 0 Å². The normalized spacial score (nSPS) is 14.8. The maximum absolute atomic E-state index is 11.2. The van der Waals surface area contributed by atoms with Crippen LogP contribution >= 0.6 is 31.9 Å². The van der Waals surface area contributed by atoms with Gasteiger partial charge < -0.3 is 5.48 Å². The molecule has 1 aliphatic rings. The highest BCUT2D eigenvalue weighted by Crippen LogP contribution is 2.15. The highest BCUT2D eigenvalue weighted by atomic mass is 79.9. The van der Waals surface area contributed by atoms with Gasteiger partial charge in [0.1, 0.15) is 0 Å². The monoisotopic (exact) mass is 489 g/mol. The van der Waals surface area contributed by atoms with Crippen LogP contribution < -0.4 is 0 Å². The zero-order chi connectivity index (χ0) is 23.9. The summed E-state index contributed by atoms with van der Waals surface area (Å²) in [5, 5.41) is 0. The van der Waals surface area contributed by atoms with Crippen molar-refractivity contribution in [3.8, 4) is 0 Å². The molecule has 5 heteroatoms. The summed E-state index contributed by atoms with van der Waals surface area (Å²) < 4.78 is 33.3. The van der Waals surface area contributed by atoms with E-state index in [0.717, 1.165) is 14.5 Å². The van der Waals surface area contributed by atoms with Gasteiger partial charge in [0.2, 0.25) is 2.86 Å². The molecule has 0 atom stereocenters. The predicted molar refractivity (Wildman–Crippen MR) is 115 cm³/mol. The summed E-state index contributed by atoms with van der Waals surface area (Å²) in [4.78, 5) is 21.9. The lowest BCUT2D eigenvalue weighted by atomic mass is 10.2. The van der Waals surface area contributed by atoms with Gasteiger partial charge in [-0.15, -0.1) is 0 Å². The molecule has 0 bridgehead atoms. The van der Waals surface area contributed by atoms with Crippen LogP contribution in [0.1, 0.15) is 70.7 Å². The van der Waals surface area contributed by atoms with Crippen molar-refractivity contribution in [2.24, 2.45) is 0 Å². The maximum atomic E-state index is 11.2. The summed E-state index contributed by atoms with van der Waals surface area (Å²) in [5.74, 6) is -0.715. The molecule has 3 nitrogen and oxygen atoms in total. The largest absolute Gasteiger partial charge is 0.412 e. The van der Waals surface area contributed by atoms with E-state index in [9.17, 15) is 9.59 Å². The molecule has 3 rings (SSSR count). The molecular weight excluding hydrogens is 460 g/mol. The SMILES string of the molecule is C1CCCC1.CC(=O)c1ccc(Br)cc1.[2H]C([2H])([2H])C(=O)c1ccc(Br)cc1.[2H]O[2H]. The molecule has 0 saturated heterocycles. The van der Waals surface area contributed by atoms with Gasteiger partial charge in [0.15, 0.2) is 11.6 Å². The van der Waals surface area contributed by atoms with Gasteiger partial charge in [0, 0.05) is 24.2 Å². The van der Waals surface area contributed by atoms with Crippen molar-refractivity contribution in [3.63, 3.8) is 0 Å². The average molecular weight is 491 g/mol. The van der Waals surface area contributed by atoms with E-state index >= 15 is 0 Å². The Kier molecular flexibility index (Phi) is 8.97. The molecule has 0 unspecified atom stereocenters. The molecule has 0 spiro atoms. The molecule has 2 N–H and O–H groups in total. The Balaban J connectivity index is 0.000000439. The summed E-state index contributed by atoms with van der Waals surface area (Å²) in [6.07, 6.45) is 7.50. The van der Waals surface area contributed by atoms with Crippen molar-refractivity contribution >= 4 is 43.4 Å². The predicted octanol–water partition coefficient (Wildman–Crippen LogP) is 6.43. The molecule has 1 saturated carbocycles. The summed E-state index contributed by atoms with van der Waals surface area (Å²) in [5.41, 5.74) is 3.71. The van der Waals surface area contributed by atoms with Gasteiger partial charge >= 0.3 is 0 Å². The second-order valence-electron chi connectivity index (χ2n) is 5.67. The van der Waals surface area contributed by atoms with Gasteiger partial charge in [0.05, 0.1) is 0 Å². The first kappa shape index (κ1) is 16.8. The van der Waals surface area contributed by atoms with E-state index in [1.54, 1.807) is 31.2 Å². The fourth-order valence-corrected chi connectivity index (χ4v) is 2.70. The quantitative estimate of drug-likeness (QED) is 0.455. The molecule has 2 aromatic carbocycles. The third kappa shape index (κ3) is 10.6. The lowest BCUT2D eigenvalue weighted by molar-refractivity contribution is 0.100. The highest BCUT2D eigenvalue weighted by molar-refractivity contribution is 9.10. The number of hydrogen-bond donors (Lipinski definition) is 0. The zero-order valence-corrected chi connectivity index (χ0v) is 17.8. The van der Waals surface area contributed by atoms with E-state index in [0.29, 0.717) is 0 Å². The number of Topliss-reactive ketones (excluding diaryl/α,β-unsaturated/α-hetero) is 2. The number of benzene rings is 2. The molecule has 2 aromatic rings. The zero-order valence-electron chi connectivity index (χ0n) is 19.6. The van der Waals surface area contributed by atoms with Gasteiger partial charge in [-0.1, -0.05) is 88.2 Å². The Hall–Kier alpha value is -1.30. The maximum Gasteiger partial charge on any atom is 0.206 e. The second kappa shape index (κ2) is 13.8.